The lowest BCUT2D eigenvalue weighted by Gasteiger charge is -2.39. The molecule has 1 saturated heterocycles. The van der Waals surface area contributed by atoms with Crippen molar-refractivity contribution < 1.29 is 73.1 Å². The minimum atomic E-state index is -1.95. The van der Waals surface area contributed by atoms with Gasteiger partial charge in [-0.05, 0) is 25.1 Å². The Labute approximate surface area is 254 Å². The first kappa shape index (κ1) is 33.3. The van der Waals surface area contributed by atoms with Crippen LogP contribution in [0.5, 0.6) is 28.7 Å². The number of aliphatic hydroxyl groups excluding tert-OH is 3. The van der Waals surface area contributed by atoms with E-state index in [0.717, 1.165) is 6.07 Å². The fourth-order valence-corrected chi connectivity index (χ4v) is 4.56. The topological polar surface area (TPSA) is 241 Å². The van der Waals surface area contributed by atoms with Crippen molar-refractivity contribution in [1.29, 1.82) is 0 Å². The number of rotatable bonds is 12. The molecule has 0 amide bonds. The molecule has 1 aliphatic rings. The van der Waals surface area contributed by atoms with Gasteiger partial charge < -0.3 is 63.5 Å². The predicted molar refractivity (Wildman–Crippen MR) is 150 cm³/mol. The van der Waals surface area contributed by atoms with Crippen LogP contribution in [-0.4, -0.2) is 107 Å². The zero-order valence-corrected chi connectivity index (χ0v) is 24.2. The summed E-state index contributed by atoms with van der Waals surface area (Å²) in [6, 6.07) is 6.43. The van der Waals surface area contributed by atoms with Gasteiger partial charge in [-0.2, -0.15) is 0 Å². The van der Waals surface area contributed by atoms with E-state index in [4.69, 9.17) is 28.1 Å². The number of fused-ring (bicyclic) bond motifs is 1. The number of phenols is 2. The van der Waals surface area contributed by atoms with Crippen LogP contribution in [0.4, 0.5) is 0 Å². The highest BCUT2D eigenvalue weighted by molar-refractivity contribution is 5.88. The van der Waals surface area contributed by atoms with E-state index in [1.165, 1.54) is 45.4 Å². The number of phenolic OH excluding ortho intramolecular Hbond substituents is 2. The largest absolute Gasteiger partial charge is 0.507 e. The summed E-state index contributed by atoms with van der Waals surface area (Å²) in [4.78, 5) is 36.4. The summed E-state index contributed by atoms with van der Waals surface area (Å²) in [5, 5.41) is 62.3. The van der Waals surface area contributed by atoms with E-state index < -0.39 is 78.8 Å². The van der Waals surface area contributed by atoms with Crippen molar-refractivity contribution in [2.45, 2.75) is 49.7 Å². The van der Waals surface area contributed by atoms with Crippen molar-refractivity contribution >= 4 is 23.4 Å². The number of ether oxygens (including phenoxy) is 6. The molecule has 0 spiro atoms. The molecule has 0 bridgehead atoms. The maximum atomic E-state index is 13.8. The van der Waals surface area contributed by atoms with Gasteiger partial charge in [0.1, 0.15) is 65.7 Å². The molecule has 4 rings (SSSR count). The third kappa shape index (κ3) is 7.21. The Kier molecular flexibility index (Phi) is 10.0. The van der Waals surface area contributed by atoms with Crippen molar-refractivity contribution in [3.8, 4) is 40.1 Å². The van der Waals surface area contributed by atoms with E-state index >= 15 is 0 Å². The number of esters is 1. The van der Waals surface area contributed by atoms with Crippen molar-refractivity contribution in [2.75, 3.05) is 27.4 Å². The maximum Gasteiger partial charge on any atom is 0.308 e. The first-order chi connectivity index (χ1) is 21.3. The Morgan fingerprint density at radius 2 is 1.76 bits per heavy atom. The molecule has 16 heteroatoms. The van der Waals surface area contributed by atoms with Gasteiger partial charge in [0.15, 0.2) is 17.3 Å². The van der Waals surface area contributed by atoms with Crippen LogP contribution in [0.2, 0.25) is 0 Å². The maximum absolute atomic E-state index is 13.8. The molecule has 0 aliphatic carbocycles. The number of carbonyl (C=O) groups is 2. The Morgan fingerprint density at radius 3 is 2.42 bits per heavy atom. The van der Waals surface area contributed by atoms with Crippen LogP contribution < -0.4 is 19.6 Å². The Hall–Kier alpha value is -4.61. The summed E-state index contributed by atoms with van der Waals surface area (Å²) in [5.41, 5.74) is -2.68. The van der Waals surface area contributed by atoms with E-state index in [-0.39, 0.29) is 46.0 Å². The third-order valence-electron chi connectivity index (χ3n) is 6.88. The van der Waals surface area contributed by atoms with Gasteiger partial charge in [-0.15, -0.1) is 0 Å². The number of benzene rings is 2. The molecular formula is C29H32O16. The number of hydrogen-bond donors (Lipinski definition) is 6. The zero-order chi connectivity index (χ0) is 33.1. The van der Waals surface area contributed by atoms with Gasteiger partial charge in [0.25, 0.3) is 6.47 Å². The lowest BCUT2D eigenvalue weighted by molar-refractivity contribution is -0.279. The molecule has 6 atom stereocenters. The summed E-state index contributed by atoms with van der Waals surface area (Å²) >= 11 is 0. The quantitative estimate of drug-likeness (QED) is 0.113. The van der Waals surface area contributed by atoms with Gasteiger partial charge in [-0.3, -0.25) is 14.4 Å². The SMILES string of the molecule is COc1cc(O)c2c(=O)c(OC3OC(COC(=O)CC(C)(O)COC=O)C(O)C(O)C3O)c(-c3ccc(O)c(OC)c3)oc2c1. The van der Waals surface area contributed by atoms with E-state index in [1.54, 1.807) is 0 Å². The summed E-state index contributed by atoms with van der Waals surface area (Å²) in [6.07, 6.45) is -9.64. The monoisotopic (exact) mass is 636 g/mol. The Bertz CT molecular complexity index is 1600. The van der Waals surface area contributed by atoms with Gasteiger partial charge in [-0.1, -0.05) is 0 Å². The predicted octanol–water partition coefficient (Wildman–Crippen LogP) is -0.0679. The highest BCUT2D eigenvalue weighted by Crippen LogP contribution is 2.39. The van der Waals surface area contributed by atoms with Crippen LogP contribution in [0.3, 0.4) is 0 Å². The van der Waals surface area contributed by atoms with Crippen molar-refractivity contribution in [3.63, 3.8) is 0 Å². The number of aromatic hydroxyl groups is 2. The Morgan fingerprint density at radius 1 is 1.02 bits per heavy atom. The summed E-state index contributed by atoms with van der Waals surface area (Å²) in [6.45, 7) is 0.124. The van der Waals surface area contributed by atoms with E-state index in [2.05, 4.69) is 4.74 Å². The summed E-state index contributed by atoms with van der Waals surface area (Å²) in [7, 11) is 2.63. The average Bonchev–Trinajstić information content (AvgIpc) is 3.00. The van der Waals surface area contributed by atoms with Gasteiger partial charge in [-0.25, -0.2) is 0 Å². The zero-order valence-electron chi connectivity index (χ0n) is 24.2. The van der Waals surface area contributed by atoms with Gasteiger partial charge >= 0.3 is 5.97 Å². The minimum Gasteiger partial charge on any atom is -0.507 e. The number of hydrogen-bond acceptors (Lipinski definition) is 16. The van der Waals surface area contributed by atoms with Gasteiger partial charge in [0.2, 0.25) is 17.5 Å². The molecule has 1 fully saturated rings. The number of methoxy groups -OCH3 is 2. The summed E-state index contributed by atoms with van der Waals surface area (Å²) < 4.78 is 37.1. The number of aliphatic hydroxyl groups is 4. The Balaban J connectivity index is 1.69. The van der Waals surface area contributed by atoms with Crippen molar-refractivity contribution in [1.82, 2.24) is 0 Å². The molecule has 0 saturated carbocycles. The molecular weight excluding hydrogens is 604 g/mol. The molecule has 244 valence electrons. The highest BCUT2D eigenvalue weighted by Gasteiger charge is 2.46. The molecule has 2 heterocycles. The molecule has 0 radical (unpaired) electrons. The molecule has 2 aromatic carbocycles. The third-order valence-corrected chi connectivity index (χ3v) is 6.88. The molecule has 3 aromatic rings. The van der Waals surface area contributed by atoms with Crippen LogP contribution in [0.15, 0.2) is 39.5 Å². The molecule has 1 aromatic heterocycles. The second-order valence-corrected chi connectivity index (χ2v) is 10.4. The van der Waals surface area contributed by atoms with Crippen LogP contribution >= 0.6 is 0 Å². The van der Waals surface area contributed by atoms with Crippen LogP contribution in [0, 0.1) is 0 Å². The molecule has 1 aliphatic heterocycles. The van der Waals surface area contributed by atoms with Gasteiger partial charge in [0.05, 0.1) is 20.6 Å². The van der Waals surface area contributed by atoms with E-state index in [9.17, 15) is 45.0 Å². The fourth-order valence-electron chi connectivity index (χ4n) is 4.56. The molecule has 6 N–H and O–H groups in total. The van der Waals surface area contributed by atoms with Crippen molar-refractivity contribution in [2.24, 2.45) is 0 Å². The van der Waals surface area contributed by atoms with Crippen LogP contribution in [0.25, 0.3) is 22.3 Å². The highest BCUT2D eigenvalue weighted by atomic mass is 16.7. The lowest BCUT2D eigenvalue weighted by atomic mass is 9.99. The lowest BCUT2D eigenvalue weighted by Crippen LogP contribution is -2.60. The second kappa shape index (κ2) is 13.6. The van der Waals surface area contributed by atoms with E-state index in [0.29, 0.717) is 0 Å². The fraction of sp³-hybridized carbons (Fsp3) is 0.414. The standard InChI is InChI=1S/C29H32O16/c1-29(38,11-41-12-30)9-20(33)42-10-19-22(34)24(36)25(37)28(44-19)45-27-23(35)21-16(32)7-14(39-2)8-18(21)43-26(27)13-4-5-15(31)17(6-13)40-3/h4-8,12,19,22,24-25,28,31-32,34,36-38H,9-11H2,1-3H3. The van der Waals surface area contributed by atoms with Crippen LogP contribution in [-0.2, 0) is 23.8 Å². The van der Waals surface area contributed by atoms with Gasteiger partial charge in [0, 0.05) is 17.7 Å². The smallest absolute Gasteiger partial charge is 0.308 e. The molecule has 16 nitrogen and oxygen atoms in total. The van der Waals surface area contributed by atoms with Crippen molar-refractivity contribution in [3.05, 3.63) is 40.6 Å². The first-order valence-corrected chi connectivity index (χ1v) is 13.3. The summed E-state index contributed by atoms with van der Waals surface area (Å²) in [5.74, 6) is -2.46. The average molecular weight is 637 g/mol. The number of carbonyl (C=O) groups excluding carboxylic acids is 2. The van der Waals surface area contributed by atoms with E-state index in [1.807, 2.05) is 0 Å². The first-order valence-electron chi connectivity index (χ1n) is 13.3. The normalized spacial score (nSPS) is 22.7. The molecule has 6 unspecified atom stereocenters. The minimum absolute atomic E-state index is 0.000704. The van der Waals surface area contributed by atoms with Crippen LogP contribution in [0.1, 0.15) is 13.3 Å². The molecule has 45 heavy (non-hydrogen) atoms. The second-order valence-electron chi connectivity index (χ2n) is 10.4.